The third kappa shape index (κ3) is 5.31. The third-order valence-electron chi connectivity index (χ3n) is 5.98. The molecule has 170 valence electrons. The minimum absolute atomic E-state index is 0.00225. The number of hydrogen-bond acceptors (Lipinski definition) is 6. The van der Waals surface area contributed by atoms with Gasteiger partial charge in [-0.15, -0.1) is 0 Å². The predicted octanol–water partition coefficient (Wildman–Crippen LogP) is 4.66. The Morgan fingerprint density at radius 3 is 2.64 bits per heavy atom. The lowest BCUT2D eigenvalue weighted by Gasteiger charge is -2.31. The van der Waals surface area contributed by atoms with E-state index in [1.807, 2.05) is 60.4 Å². The molecule has 33 heavy (non-hydrogen) atoms. The SMILES string of the molecule is C=CC(=O)N1CCC(CNc2ncnc(N)c2-c2ccc(Oc3ccccc3)cc2C)CC1. The molecule has 4 rings (SSSR count). The number of likely N-dealkylation sites (tertiary alicyclic amines) is 1. The zero-order valence-corrected chi connectivity index (χ0v) is 18.8. The highest BCUT2D eigenvalue weighted by molar-refractivity contribution is 5.87. The highest BCUT2D eigenvalue weighted by Crippen LogP contribution is 2.35. The van der Waals surface area contributed by atoms with Crippen molar-refractivity contribution in [2.75, 3.05) is 30.7 Å². The molecule has 0 bridgehead atoms. The van der Waals surface area contributed by atoms with Gasteiger partial charge in [-0.25, -0.2) is 9.97 Å². The zero-order chi connectivity index (χ0) is 23.2. The molecule has 0 aliphatic carbocycles. The van der Waals surface area contributed by atoms with Gasteiger partial charge in [-0.1, -0.05) is 30.8 Å². The summed E-state index contributed by atoms with van der Waals surface area (Å²) in [5, 5.41) is 3.48. The van der Waals surface area contributed by atoms with Crippen molar-refractivity contribution < 1.29 is 9.53 Å². The average Bonchev–Trinajstić information content (AvgIpc) is 2.84. The Bertz CT molecular complexity index is 1120. The second kappa shape index (κ2) is 10.2. The summed E-state index contributed by atoms with van der Waals surface area (Å²) in [5.74, 6) is 3.14. The summed E-state index contributed by atoms with van der Waals surface area (Å²) in [7, 11) is 0. The van der Waals surface area contributed by atoms with Crippen LogP contribution in [0.5, 0.6) is 11.5 Å². The number of aromatic nitrogens is 2. The largest absolute Gasteiger partial charge is 0.457 e. The van der Waals surface area contributed by atoms with Gasteiger partial charge in [-0.05, 0) is 67.2 Å². The maximum atomic E-state index is 11.8. The first kappa shape index (κ1) is 22.3. The number of amides is 1. The van der Waals surface area contributed by atoms with E-state index in [0.717, 1.165) is 60.7 Å². The normalized spacial score (nSPS) is 14.0. The standard InChI is InChI=1S/C26H29N5O2/c1-3-23(32)31-13-11-19(12-14-31)16-28-26-24(25(27)29-17-30-26)22-10-9-21(15-18(22)2)33-20-7-5-4-6-8-20/h3-10,15,17,19H,1,11-14,16H2,2H3,(H3,27,28,29,30). The van der Waals surface area contributed by atoms with E-state index in [4.69, 9.17) is 10.5 Å². The lowest BCUT2D eigenvalue weighted by molar-refractivity contribution is -0.127. The molecule has 3 aromatic rings. The molecule has 0 radical (unpaired) electrons. The first-order chi connectivity index (χ1) is 16.0. The van der Waals surface area contributed by atoms with E-state index in [-0.39, 0.29) is 5.91 Å². The molecule has 2 aromatic carbocycles. The molecule has 1 fully saturated rings. The number of nitrogens with zero attached hydrogens (tertiary/aromatic N) is 3. The van der Waals surface area contributed by atoms with Gasteiger partial charge in [-0.3, -0.25) is 4.79 Å². The Morgan fingerprint density at radius 1 is 1.18 bits per heavy atom. The van der Waals surface area contributed by atoms with Crippen molar-refractivity contribution in [2.45, 2.75) is 19.8 Å². The molecule has 1 aliphatic rings. The minimum Gasteiger partial charge on any atom is -0.457 e. The fourth-order valence-corrected chi connectivity index (χ4v) is 4.13. The fourth-order valence-electron chi connectivity index (χ4n) is 4.13. The van der Waals surface area contributed by atoms with Crippen LogP contribution in [0, 0.1) is 12.8 Å². The number of benzene rings is 2. The Labute approximate surface area is 194 Å². The molecule has 0 unspecified atom stereocenters. The van der Waals surface area contributed by atoms with E-state index < -0.39 is 0 Å². The van der Waals surface area contributed by atoms with Crippen molar-refractivity contribution in [1.82, 2.24) is 14.9 Å². The summed E-state index contributed by atoms with van der Waals surface area (Å²) in [6, 6.07) is 15.6. The van der Waals surface area contributed by atoms with Gasteiger partial charge in [0.25, 0.3) is 0 Å². The van der Waals surface area contributed by atoms with Gasteiger partial charge < -0.3 is 20.7 Å². The quantitative estimate of drug-likeness (QED) is 0.516. The van der Waals surface area contributed by atoms with Gasteiger partial charge in [0.1, 0.15) is 29.5 Å². The van der Waals surface area contributed by atoms with Gasteiger partial charge in [0.2, 0.25) is 5.91 Å². The summed E-state index contributed by atoms with van der Waals surface area (Å²) in [6.45, 7) is 7.85. The van der Waals surface area contributed by atoms with Crippen molar-refractivity contribution >= 4 is 17.5 Å². The summed E-state index contributed by atoms with van der Waals surface area (Å²) >= 11 is 0. The number of piperidine rings is 1. The summed E-state index contributed by atoms with van der Waals surface area (Å²) in [5.41, 5.74) is 9.05. The van der Waals surface area contributed by atoms with Crippen LogP contribution in [-0.4, -0.2) is 40.4 Å². The molecule has 2 heterocycles. The zero-order valence-electron chi connectivity index (χ0n) is 18.8. The van der Waals surface area contributed by atoms with Crippen LogP contribution in [0.4, 0.5) is 11.6 Å². The maximum absolute atomic E-state index is 11.8. The molecule has 1 aromatic heterocycles. The molecular formula is C26H29N5O2. The number of nitrogens with one attached hydrogen (secondary N) is 1. The summed E-state index contributed by atoms with van der Waals surface area (Å²) in [6.07, 6.45) is 4.74. The highest BCUT2D eigenvalue weighted by Gasteiger charge is 2.22. The van der Waals surface area contributed by atoms with Gasteiger partial charge in [0.05, 0.1) is 5.56 Å². The van der Waals surface area contributed by atoms with Crippen molar-refractivity contribution in [3.63, 3.8) is 0 Å². The van der Waals surface area contributed by atoms with Crippen LogP contribution >= 0.6 is 0 Å². The van der Waals surface area contributed by atoms with E-state index in [9.17, 15) is 4.79 Å². The second-order valence-electron chi connectivity index (χ2n) is 8.23. The molecule has 3 N–H and O–H groups in total. The molecule has 7 heteroatoms. The maximum Gasteiger partial charge on any atom is 0.245 e. The first-order valence-corrected chi connectivity index (χ1v) is 11.1. The Morgan fingerprint density at radius 2 is 1.94 bits per heavy atom. The van der Waals surface area contributed by atoms with Crippen LogP contribution in [0.2, 0.25) is 0 Å². The van der Waals surface area contributed by atoms with Crippen LogP contribution in [0.3, 0.4) is 0 Å². The lowest BCUT2D eigenvalue weighted by atomic mass is 9.96. The Hall–Kier alpha value is -3.87. The predicted molar refractivity (Wildman–Crippen MR) is 131 cm³/mol. The molecule has 0 atom stereocenters. The average molecular weight is 444 g/mol. The van der Waals surface area contributed by atoms with E-state index >= 15 is 0 Å². The van der Waals surface area contributed by atoms with Crippen LogP contribution < -0.4 is 15.8 Å². The topological polar surface area (TPSA) is 93.4 Å². The number of ether oxygens (including phenoxy) is 1. The third-order valence-corrected chi connectivity index (χ3v) is 5.98. The van der Waals surface area contributed by atoms with Crippen LogP contribution in [0.15, 0.2) is 67.5 Å². The van der Waals surface area contributed by atoms with Gasteiger partial charge >= 0.3 is 0 Å². The molecule has 1 amide bonds. The smallest absolute Gasteiger partial charge is 0.245 e. The molecular weight excluding hydrogens is 414 g/mol. The van der Waals surface area contributed by atoms with E-state index in [1.54, 1.807) is 0 Å². The number of aryl methyl sites for hydroxylation is 1. The summed E-state index contributed by atoms with van der Waals surface area (Å²) < 4.78 is 5.96. The first-order valence-electron chi connectivity index (χ1n) is 11.1. The van der Waals surface area contributed by atoms with Crippen molar-refractivity contribution in [3.8, 4) is 22.6 Å². The minimum atomic E-state index is 0.00225. The Kier molecular flexibility index (Phi) is 6.88. The van der Waals surface area contributed by atoms with Gasteiger partial charge in [0, 0.05) is 19.6 Å². The lowest BCUT2D eigenvalue weighted by Crippen LogP contribution is -2.39. The van der Waals surface area contributed by atoms with Crippen LogP contribution in [0.1, 0.15) is 18.4 Å². The fraction of sp³-hybridized carbons (Fsp3) is 0.269. The number of hydrogen-bond donors (Lipinski definition) is 2. The number of para-hydroxylation sites is 1. The van der Waals surface area contributed by atoms with E-state index in [2.05, 4.69) is 21.9 Å². The van der Waals surface area contributed by atoms with Gasteiger partial charge in [0.15, 0.2) is 0 Å². The summed E-state index contributed by atoms with van der Waals surface area (Å²) in [4.78, 5) is 22.3. The van der Waals surface area contributed by atoms with Crippen LogP contribution in [-0.2, 0) is 4.79 Å². The van der Waals surface area contributed by atoms with Crippen molar-refractivity contribution in [3.05, 3.63) is 73.1 Å². The van der Waals surface area contributed by atoms with E-state index in [1.165, 1.54) is 12.4 Å². The number of nitrogen functional groups attached to an aromatic ring is 1. The number of nitrogens with two attached hydrogens (primary N) is 1. The van der Waals surface area contributed by atoms with Gasteiger partial charge in [-0.2, -0.15) is 0 Å². The van der Waals surface area contributed by atoms with Crippen molar-refractivity contribution in [1.29, 1.82) is 0 Å². The molecule has 7 nitrogen and oxygen atoms in total. The number of rotatable bonds is 7. The molecule has 0 spiro atoms. The molecule has 0 saturated carbocycles. The second-order valence-corrected chi connectivity index (χ2v) is 8.23. The number of carbonyl (C=O) groups excluding carboxylic acids is 1. The Balaban J connectivity index is 1.48. The highest BCUT2D eigenvalue weighted by atomic mass is 16.5. The van der Waals surface area contributed by atoms with Crippen molar-refractivity contribution in [2.24, 2.45) is 5.92 Å². The van der Waals surface area contributed by atoms with Crippen LogP contribution in [0.25, 0.3) is 11.1 Å². The number of anilines is 2. The molecule has 1 saturated heterocycles. The van der Waals surface area contributed by atoms with E-state index in [0.29, 0.717) is 17.6 Å². The number of carbonyl (C=O) groups is 1. The molecule has 1 aliphatic heterocycles. The monoisotopic (exact) mass is 443 g/mol.